The third-order valence-corrected chi connectivity index (χ3v) is 5.96. The summed E-state index contributed by atoms with van der Waals surface area (Å²) in [5, 5.41) is 21.1. The van der Waals surface area contributed by atoms with Crippen molar-refractivity contribution < 1.29 is 28.0 Å². The molecule has 0 aromatic heterocycles. The van der Waals surface area contributed by atoms with E-state index in [1.54, 1.807) is 18.0 Å². The lowest BCUT2D eigenvalue weighted by atomic mass is 9.77. The minimum atomic E-state index is -2.65. The van der Waals surface area contributed by atoms with Crippen LogP contribution in [0.3, 0.4) is 0 Å². The molecule has 0 radical (unpaired) electrons. The molecule has 3 N–H and O–H groups in total. The highest BCUT2D eigenvalue weighted by Gasteiger charge is 2.41. The highest BCUT2D eigenvalue weighted by Crippen LogP contribution is 2.37. The van der Waals surface area contributed by atoms with E-state index in [1.165, 1.54) is 11.8 Å². The number of carboxylic acids is 1. The van der Waals surface area contributed by atoms with Crippen molar-refractivity contribution in [2.45, 2.75) is 23.7 Å². The van der Waals surface area contributed by atoms with Gasteiger partial charge in [-0.3, -0.25) is 0 Å². The lowest BCUT2D eigenvalue weighted by Crippen LogP contribution is -2.57. The van der Waals surface area contributed by atoms with Crippen LogP contribution >= 0.6 is 11.8 Å². The first-order valence-electron chi connectivity index (χ1n) is 7.36. The summed E-state index contributed by atoms with van der Waals surface area (Å²) in [5.41, 5.74) is 1.44. The second kappa shape index (κ2) is 6.92. The average Bonchev–Trinajstić information content (AvgIpc) is 2.44. The molecule has 0 saturated carbocycles. The van der Waals surface area contributed by atoms with Gasteiger partial charge in [-0.05, 0) is 24.5 Å². The Kier molecular flexibility index (Phi) is 5.07. The Morgan fingerprint density at radius 1 is 1.46 bits per heavy atom. The van der Waals surface area contributed by atoms with Crippen LogP contribution in [0.1, 0.15) is 21.5 Å². The summed E-state index contributed by atoms with van der Waals surface area (Å²) in [6, 6.07) is 3.57. The first-order chi connectivity index (χ1) is 11.3. The van der Waals surface area contributed by atoms with Gasteiger partial charge in [0.25, 0.3) is 0 Å². The number of carboxylic acid groups (broad SMARTS) is 1. The number of nitrogens with zero attached hydrogens (tertiary/aromatic N) is 1. The lowest BCUT2D eigenvalue weighted by molar-refractivity contribution is 0.0693. The van der Waals surface area contributed by atoms with Gasteiger partial charge in [-0.15, -0.1) is 0 Å². The Bertz CT molecular complexity index is 729. The van der Waals surface area contributed by atoms with Gasteiger partial charge in [0.2, 0.25) is 10.9 Å². The number of benzene rings is 1. The number of aromatic carboxylic acids is 1. The summed E-state index contributed by atoms with van der Waals surface area (Å²) < 4.78 is 26.7. The number of thioether (sulfide) groups is 1. The molecule has 0 aliphatic carbocycles. The molecule has 3 rings (SSSR count). The molecule has 24 heavy (non-hydrogen) atoms. The second-order valence-electron chi connectivity index (χ2n) is 5.82. The molecular formula is C13H17BN2O6S2. The van der Waals surface area contributed by atoms with Crippen molar-refractivity contribution in [1.29, 1.82) is 0 Å². The van der Waals surface area contributed by atoms with Crippen molar-refractivity contribution in [1.82, 2.24) is 9.84 Å². The lowest BCUT2D eigenvalue weighted by Gasteiger charge is -2.40. The molecule has 11 heteroatoms. The van der Waals surface area contributed by atoms with Crippen LogP contribution < -0.4 is 9.49 Å². The van der Waals surface area contributed by atoms with Crippen LogP contribution in [-0.4, -0.2) is 60.1 Å². The van der Waals surface area contributed by atoms with Gasteiger partial charge in [0.05, 0.1) is 5.15 Å². The summed E-state index contributed by atoms with van der Waals surface area (Å²) >= 11 is 1.53. The molecule has 0 bridgehead atoms. The number of hydrogen-bond acceptors (Lipinski definition) is 7. The maximum atomic E-state index is 11.4. The minimum absolute atomic E-state index is 0.0910. The first-order valence-corrected chi connectivity index (χ1v) is 9.48. The zero-order chi connectivity index (χ0) is 17.4. The van der Waals surface area contributed by atoms with Gasteiger partial charge in [-0.25, -0.2) is 18.2 Å². The SMILES string of the molecule is Cc1ccc2c(c1C(=O)O)OB(O)[C@@H](SC1CN(N[SH](=O)=O)C1)C2. The fraction of sp³-hybridized carbons (Fsp3) is 0.462. The number of rotatable bonds is 5. The van der Waals surface area contributed by atoms with E-state index in [0.717, 1.165) is 5.56 Å². The Morgan fingerprint density at radius 3 is 2.79 bits per heavy atom. The van der Waals surface area contributed by atoms with E-state index in [0.29, 0.717) is 25.1 Å². The van der Waals surface area contributed by atoms with Gasteiger partial charge in [0.15, 0.2) is 0 Å². The van der Waals surface area contributed by atoms with E-state index in [4.69, 9.17) is 4.65 Å². The van der Waals surface area contributed by atoms with Crippen LogP contribution in [-0.2, 0) is 17.3 Å². The largest absolute Gasteiger partial charge is 0.536 e. The molecule has 0 amide bonds. The van der Waals surface area contributed by atoms with Crippen molar-refractivity contribution in [2.75, 3.05) is 13.1 Å². The van der Waals surface area contributed by atoms with Crippen LogP contribution in [0.4, 0.5) is 0 Å². The minimum Gasteiger partial charge on any atom is -0.535 e. The summed E-state index contributed by atoms with van der Waals surface area (Å²) in [4.78, 5) is 13.7. The number of aryl methyl sites for hydroxylation is 1. The van der Waals surface area contributed by atoms with Crippen molar-refractivity contribution in [3.05, 3.63) is 28.8 Å². The fourth-order valence-corrected chi connectivity index (χ4v) is 4.77. The fourth-order valence-electron chi connectivity index (χ4n) is 2.88. The third kappa shape index (κ3) is 3.54. The van der Waals surface area contributed by atoms with E-state index in [-0.39, 0.29) is 21.7 Å². The molecule has 1 aromatic rings. The zero-order valence-corrected chi connectivity index (χ0v) is 14.5. The number of nitrogens with one attached hydrogen (secondary N) is 1. The standard InChI is InChI=1S/C13H17BN2O6S2/c1-7-2-3-8-4-10(14(19)22-12(8)11(7)13(17)18)23-9-5-16(6-9)15-24(20)21/h2-3,9-10,19,24H,4-6H2,1H3,(H,17,18)(H,15,20,21)/t10-/m0/s1. The van der Waals surface area contributed by atoms with E-state index in [9.17, 15) is 23.3 Å². The quantitative estimate of drug-likeness (QED) is 0.403. The summed E-state index contributed by atoms with van der Waals surface area (Å²) in [5.74, 6) is -0.831. The first kappa shape index (κ1) is 17.6. The highest BCUT2D eigenvalue weighted by atomic mass is 32.2. The summed E-state index contributed by atoms with van der Waals surface area (Å²) in [6.07, 6.45) is 0.501. The number of fused-ring (bicyclic) bond motifs is 1. The van der Waals surface area contributed by atoms with Gasteiger partial charge in [-0.1, -0.05) is 12.1 Å². The van der Waals surface area contributed by atoms with Gasteiger partial charge < -0.3 is 14.8 Å². The van der Waals surface area contributed by atoms with Crippen molar-refractivity contribution in [3.8, 4) is 5.75 Å². The summed E-state index contributed by atoms with van der Waals surface area (Å²) in [7, 11) is -3.75. The van der Waals surface area contributed by atoms with Crippen LogP contribution in [0, 0.1) is 6.92 Å². The Hall–Kier alpha value is -1.27. The van der Waals surface area contributed by atoms with Crippen molar-refractivity contribution in [2.24, 2.45) is 0 Å². The van der Waals surface area contributed by atoms with E-state index >= 15 is 0 Å². The number of carbonyl (C=O) groups is 1. The number of hydrazine groups is 1. The van der Waals surface area contributed by atoms with E-state index < -0.39 is 24.0 Å². The topological polar surface area (TPSA) is 116 Å². The molecule has 1 fully saturated rings. The molecule has 2 aliphatic rings. The third-order valence-electron chi connectivity index (χ3n) is 4.08. The predicted octanol–water partition coefficient (Wildman–Crippen LogP) is -0.535. The van der Waals surface area contributed by atoms with Crippen LogP contribution in [0.2, 0.25) is 0 Å². The molecule has 1 atom stereocenters. The average molecular weight is 372 g/mol. The highest BCUT2D eigenvalue weighted by molar-refractivity contribution is 8.02. The predicted molar refractivity (Wildman–Crippen MR) is 90.6 cm³/mol. The molecule has 2 aliphatic heterocycles. The van der Waals surface area contributed by atoms with E-state index in [2.05, 4.69) is 4.83 Å². The Morgan fingerprint density at radius 2 is 2.17 bits per heavy atom. The zero-order valence-electron chi connectivity index (χ0n) is 12.8. The Balaban J connectivity index is 1.68. The molecule has 0 spiro atoms. The van der Waals surface area contributed by atoms with Gasteiger partial charge in [0, 0.05) is 18.3 Å². The normalized spacial score (nSPS) is 21.3. The molecule has 1 saturated heterocycles. The number of thiol groups is 1. The monoisotopic (exact) mass is 372 g/mol. The van der Waals surface area contributed by atoms with Gasteiger partial charge in [0.1, 0.15) is 11.3 Å². The molecule has 2 heterocycles. The van der Waals surface area contributed by atoms with Crippen LogP contribution in [0.5, 0.6) is 5.75 Å². The Labute approximate surface area is 145 Å². The number of hydrogen-bond donors (Lipinski definition) is 4. The van der Waals surface area contributed by atoms with Crippen molar-refractivity contribution >= 4 is 35.7 Å². The van der Waals surface area contributed by atoms with Gasteiger partial charge >= 0.3 is 13.1 Å². The molecule has 130 valence electrons. The second-order valence-corrected chi connectivity index (χ2v) is 8.08. The maximum Gasteiger partial charge on any atom is 0.536 e. The maximum absolute atomic E-state index is 11.4. The molecule has 0 unspecified atom stereocenters. The molecular weight excluding hydrogens is 355 g/mol. The molecule has 1 aromatic carbocycles. The van der Waals surface area contributed by atoms with Gasteiger partial charge in [-0.2, -0.15) is 16.6 Å². The molecule has 8 nitrogen and oxygen atoms in total. The van der Waals surface area contributed by atoms with E-state index in [1.807, 2.05) is 6.07 Å². The van der Waals surface area contributed by atoms with Crippen LogP contribution in [0.15, 0.2) is 12.1 Å². The summed E-state index contributed by atoms with van der Waals surface area (Å²) in [6.45, 7) is 2.80. The van der Waals surface area contributed by atoms with Crippen molar-refractivity contribution in [3.63, 3.8) is 0 Å². The van der Waals surface area contributed by atoms with Crippen LogP contribution in [0.25, 0.3) is 0 Å². The smallest absolute Gasteiger partial charge is 0.535 e.